The van der Waals surface area contributed by atoms with Crippen molar-refractivity contribution in [2.45, 2.75) is 32.4 Å². The van der Waals surface area contributed by atoms with E-state index in [1.807, 2.05) is 24.3 Å². The summed E-state index contributed by atoms with van der Waals surface area (Å²) < 4.78 is 5.13. The van der Waals surface area contributed by atoms with Crippen molar-refractivity contribution in [1.29, 1.82) is 0 Å². The van der Waals surface area contributed by atoms with Crippen LogP contribution < -0.4 is 10.6 Å². The molecule has 0 spiro atoms. The second kappa shape index (κ2) is 8.14. The lowest BCUT2D eigenvalue weighted by Gasteiger charge is -2.13. The Kier molecular flexibility index (Phi) is 5.94. The number of rotatable bonds is 8. The maximum absolute atomic E-state index is 12.0. The molecule has 0 bridgehead atoms. The second-order valence-electron chi connectivity index (χ2n) is 5.15. The Hall–Kier alpha value is -2.60. The number of anilines is 1. The molecule has 1 atom stereocenters. The standard InChI is InChI=1S/C17H20N2O4/c1-2-12-5-7-13(8-6-12)19-16(20)10-15(17(21)22)18-11-14-4-3-9-23-14/h3-9,15,18H,2,10-11H2,1H3,(H,19,20)(H,21,22)/t15-/m0/s1. The number of carboxylic acid groups (broad SMARTS) is 1. The van der Waals surface area contributed by atoms with Gasteiger partial charge in [0.05, 0.1) is 19.2 Å². The van der Waals surface area contributed by atoms with Crippen molar-refractivity contribution in [3.8, 4) is 0 Å². The Balaban J connectivity index is 1.87. The van der Waals surface area contributed by atoms with E-state index in [1.54, 1.807) is 12.1 Å². The van der Waals surface area contributed by atoms with E-state index >= 15 is 0 Å². The van der Waals surface area contributed by atoms with Crippen molar-refractivity contribution in [3.05, 3.63) is 54.0 Å². The van der Waals surface area contributed by atoms with Gasteiger partial charge in [0.25, 0.3) is 0 Å². The average Bonchev–Trinajstić information content (AvgIpc) is 3.05. The fourth-order valence-corrected chi connectivity index (χ4v) is 2.10. The Bertz CT molecular complexity index is 635. The molecule has 0 saturated carbocycles. The molecule has 2 aromatic rings. The van der Waals surface area contributed by atoms with Crippen LogP contribution in [0.5, 0.6) is 0 Å². The number of carbonyl (C=O) groups is 2. The molecular formula is C17H20N2O4. The second-order valence-corrected chi connectivity index (χ2v) is 5.15. The minimum absolute atomic E-state index is 0.161. The van der Waals surface area contributed by atoms with E-state index in [2.05, 4.69) is 17.6 Å². The third-order valence-corrected chi connectivity index (χ3v) is 3.44. The van der Waals surface area contributed by atoms with Gasteiger partial charge in [0.15, 0.2) is 0 Å². The SMILES string of the molecule is CCc1ccc(NC(=O)C[C@H](NCc2ccco2)C(=O)O)cc1. The molecule has 0 fully saturated rings. The third kappa shape index (κ3) is 5.27. The van der Waals surface area contributed by atoms with E-state index in [-0.39, 0.29) is 18.9 Å². The topological polar surface area (TPSA) is 91.6 Å². The number of amides is 1. The van der Waals surface area contributed by atoms with Gasteiger partial charge in [-0.15, -0.1) is 0 Å². The molecule has 1 aromatic carbocycles. The summed E-state index contributed by atoms with van der Waals surface area (Å²) in [7, 11) is 0. The Morgan fingerprint density at radius 2 is 1.96 bits per heavy atom. The van der Waals surface area contributed by atoms with E-state index in [9.17, 15) is 14.7 Å². The molecule has 0 unspecified atom stereocenters. The summed E-state index contributed by atoms with van der Waals surface area (Å²) in [6.45, 7) is 2.30. The summed E-state index contributed by atoms with van der Waals surface area (Å²) in [5.41, 5.74) is 1.83. The number of carboxylic acids is 1. The van der Waals surface area contributed by atoms with Crippen molar-refractivity contribution >= 4 is 17.6 Å². The van der Waals surface area contributed by atoms with Gasteiger partial charge in [-0.3, -0.25) is 14.9 Å². The van der Waals surface area contributed by atoms with Gasteiger partial charge < -0.3 is 14.8 Å². The molecule has 0 aliphatic heterocycles. The molecule has 0 aliphatic rings. The maximum Gasteiger partial charge on any atom is 0.321 e. The molecule has 1 heterocycles. The summed E-state index contributed by atoms with van der Waals surface area (Å²) >= 11 is 0. The monoisotopic (exact) mass is 316 g/mol. The number of benzene rings is 1. The summed E-state index contributed by atoms with van der Waals surface area (Å²) in [6, 6.07) is 9.96. The Labute approximate surface area is 134 Å². The largest absolute Gasteiger partial charge is 0.480 e. The molecule has 0 aliphatic carbocycles. The van der Waals surface area contributed by atoms with Crippen molar-refractivity contribution < 1.29 is 19.1 Å². The van der Waals surface area contributed by atoms with Crippen molar-refractivity contribution in [2.24, 2.45) is 0 Å². The van der Waals surface area contributed by atoms with Crippen LogP contribution in [0.1, 0.15) is 24.7 Å². The van der Waals surface area contributed by atoms with Gasteiger partial charge in [-0.1, -0.05) is 19.1 Å². The average molecular weight is 316 g/mol. The number of nitrogens with one attached hydrogen (secondary N) is 2. The predicted octanol–water partition coefficient (Wildman–Crippen LogP) is 2.41. The number of furan rings is 1. The fraction of sp³-hybridized carbons (Fsp3) is 0.294. The van der Waals surface area contributed by atoms with Crippen molar-refractivity contribution in [2.75, 3.05) is 5.32 Å². The van der Waals surface area contributed by atoms with Crippen LogP contribution in [0.2, 0.25) is 0 Å². The molecule has 2 rings (SSSR count). The number of hydrogen-bond acceptors (Lipinski definition) is 4. The molecule has 6 heteroatoms. The minimum Gasteiger partial charge on any atom is -0.480 e. The Morgan fingerprint density at radius 3 is 2.52 bits per heavy atom. The van der Waals surface area contributed by atoms with Gasteiger partial charge in [-0.2, -0.15) is 0 Å². The highest BCUT2D eigenvalue weighted by atomic mass is 16.4. The van der Waals surface area contributed by atoms with E-state index in [1.165, 1.54) is 11.8 Å². The Morgan fingerprint density at radius 1 is 1.22 bits per heavy atom. The smallest absolute Gasteiger partial charge is 0.321 e. The van der Waals surface area contributed by atoms with Crippen molar-refractivity contribution in [1.82, 2.24) is 5.32 Å². The van der Waals surface area contributed by atoms with Crippen LogP contribution in [0.25, 0.3) is 0 Å². The van der Waals surface area contributed by atoms with Gasteiger partial charge in [-0.05, 0) is 36.2 Å². The summed E-state index contributed by atoms with van der Waals surface area (Å²) in [6.07, 6.45) is 2.27. The first-order valence-corrected chi connectivity index (χ1v) is 7.46. The fourth-order valence-electron chi connectivity index (χ4n) is 2.10. The van der Waals surface area contributed by atoms with Crippen LogP contribution in [0.15, 0.2) is 47.1 Å². The molecule has 1 amide bonds. The molecule has 23 heavy (non-hydrogen) atoms. The van der Waals surface area contributed by atoms with Gasteiger partial charge >= 0.3 is 5.97 Å². The van der Waals surface area contributed by atoms with E-state index in [4.69, 9.17) is 4.42 Å². The van der Waals surface area contributed by atoms with Crippen LogP contribution in [-0.4, -0.2) is 23.0 Å². The van der Waals surface area contributed by atoms with Crippen LogP contribution in [0, 0.1) is 0 Å². The summed E-state index contributed by atoms with van der Waals surface area (Å²) in [5, 5.41) is 14.7. The minimum atomic E-state index is -1.08. The number of aryl methyl sites for hydroxylation is 1. The molecular weight excluding hydrogens is 296 g/mol. The lowest BCUT2D eigenvalue weighted by molar-refractivity contribution is -0.141. The van der Waals surface area contributed by atoms with Crippen LogP contribution in [0.4, 0.5) is 5.69 Å². The molecule has 6 nitrogen and oxygen atoms in total. The van der Waals surface area contributed by atoms with Gasteiger partial charge in [0, 0.05) is 5.69 Å². The van der Waals surface area contributed by atoms with Gasteiger partial charge in [0.2, 0.25) is 5.91 Å². The quantitative estimate of drug-likeness (QED) is 0.695. The zero-order valence-corrected chi connectivity index (χ0v) is 12.9. The predicted molar refractivity (Wildman–Crippen MR) is 86.0 cm³/mol. The van der Waals surface area contributed by atoms with Crippen LogP contribution in [0.3, 0.4) is 0 Å². The van der Waals surface area contributed by atoms with Gasteiger partial charge in [0.1, 0.15) is 11.8 Å². The first-order valence-electron chi connectivity index (χ1n) is 7.46. The molecule has 3 N–H and O–H groups in total. The van der Waals surface area contributed by atoms with Gasteiger partial charge in [-0.25, -0.2) is 0 Å². The highest BCUT2D eigenvalue weighted by Crippen LogP contribution is 2.11. The molecule has 0 saturated heterocycles. The van der Waals surface area contributed by atoms with E-state index in [0.717, 1.165) is 6.42 Å². The number of hydrogen-bond donors (Lipinski definition) is 3. The van der Waals surface area contributed by atoms with Crippen LogP contribution in [-0.2, 0) is 22.6 Å². The first-order chi connectivity index (χ1) is 11.1. The van der Waals surface area contributed by atoms with E-state index in [0.29, 0.717) is 11.4 Å². The highest BCUT2D eigenvalue weighted by Gasteiger charge is 2.21. The molecule has 0 radical (unpaired) electrons. The van der Waals surface area contributed by atoms with Crippen molar-refractivity contribution in [3.63, 3.8) is 0 Å². The first kappa shape index (κ1) is 16.8. The maximum atomic E-state index is 12.0. The van der Waals surface area contributed by atoms with E-state index < -0.39 is 12.0 Å². The lowest BCUT2D eigenvalue weighted by atomic mass is 10.1. The zero-order chi connectivity index (χ0) is 16.7. The molecule has 1 aromatic heterocycles. The van der Waals surface area contributed by atoms with Crippen LogP contribution >= 0.6 is 0 Å². The number of aliphatic carboxylic acids is 1. The summed E-state index contributed by atoms with van der Waals surface area (Å²) in [5.74, 6) is -0.812. The third-order valence-electron chi connectivity index (χ3n) is 3.44. The normalized spacial score (nSPS) is 11.9. The lowest BCUT2D eigenvalue weighted by Crippen LogP contribution is -2.39. The molecule has 122 valence electrons. The summed E-state index contributed by atoms with van der Waals surface area (Å²) in [4.78, 5) is 23.3. The zero-order valence-electron chi connectivity index (χ0n) is 12.9. The highest BCUT2D eigenvalue weighted by molar-refractivity contribution is 5.94. The number of carbonyl (C=O) groups excluding carboxylic acids is 1.